The van der Waals surface area contributed by atoms with Gasteiger partial charge in [-0.15, -0.1) is 0 Å². The van der Waals surface area contributed by atoms with Crippen LogP contribution in [0.1, 0.15) is 54.8 Å². The van der Waals surface area contributed by atoms with E-state index in [0.29, 0.717) is 11.6 Å². The van der Waals surface area contributed by atoms with E-state index in [-0.39, 0.29) is 11.5 Å². The number of benzene rings is 1. The highest BCUT2D eigenvalue weighted by Gasteiger charge is 2.32. The molecule has 2 aromatic rings. The standard InChI is InChI=1S/C17H17FN4O/c18-14-2-1-3-15(13(14)10-19)22-8-6-11(7-9-22)16-20-17(23-21-16)12-4-5-12/h1-3,11-12H,4-9H2. The second-order valence-electron chi connectivity index (χ2n) is 6.27. The van der Waals surface area contributed by atoms with Crippen LogP contribution in [0.4, 0.5) is 10.1 Å². The highest BCUT2D eigenvalue weighted by molar-refractivity contribution is 5.60. The van der Waals surface area contributed by atoms with E-state index in [1.54, 1.807) is 6.07 Å². The molecule has 118 valence electrons. The second-order valence-corrected chi connectivity index (χ2v) is 6.27. The maximum absolute atomic E-state index is 13.7. The maximum atomic E-state index is 13.7. The van der Waals surface area contributed by atoms with E-state index in [1.165, 1.54) is 6.07 Å². The van der Waals surface area contributed by atoms with Crippen LogP contribution in [0.15, 0.2) is 22.7 Å². The Balaban J connectivity index is 1.46. The molecule has 5 nitrogen and oxygen atoms in total. The fourth-order valence-corrected chi connectivity index (χ4v) is 3.17. The van der Waals surface area contributed by atoms with Gasteiger partial charge in [-0.2, -0.15) is 10.2 Å². The summed E-state index contributed by atoms with van der Waals surface area (Å²) in [7, 11) is 0. The minimum Gasteiger partial charge on any atom is -0.370 e. The molecule has 1 saturated carbocycles. The van der Waals surface area contributed by atoms with Crippen molar-refractivity contribution in [3.63, 3.8) is 0 Å². The van der Waals surface area contributed by atoms with Crippen molar-refractivity contribution in [2.45, 2.75) is 37.5 Å². The molecule has 6 heteroatoms. The largest absolute Gasteiger partial charge is 0.370 e. The number of nitriles is 1. The predicted octanol–water partition coefficient (Wildman–Crippen LogP) is 3.34. The lowest BCUT2D eigenvalue weighted by molar-refractivity contribution is 0.365. The van der Waals surface area contributed by atoms with E-state index in [2.05, 4.69) is 15.0 Å². The molecular formula is C17H17FN4O. The van der Waals surface area contributed by atoms with Crippen molar-refractivity contribution < 1.29 is 8.91 Å². The van der Waals surface area contributed by atoms with E-state index in [9.17, 15) is 9.65 Å². The van der Waals surface area contributed by atoms with Gasteiger partial charge in [0.05, 0.1) is 5.69 Å². The molecule has 0 atom stereocenters. The lowest BCUT2D eigenvalue weighted by Gasteiger charge is -2.32. The SMILES string of the molecule is N#Cc1c(F)cccc1N1CCC(c2noc(C3CC3)n2)CC1. The average molecular weight is 312 g/mol. The van der Waals surface area contributed by atoms with Gasteiger partial charge < -0.3 is 9.42 Å². The van der Waals surface area contributed by atoms with Crippen LogP contribution in [0.2, 0.25) is 0 Å². The highest BCUT2D eigenvalue weighted by Crippen LogP contribution is 2.40. The molecule has 1 aromatic carbocycles. The first-order chi connectivity index (χ1) is 11.3. The molecule has 1 saturated heterocycles. The van der Waals surface area contributed by atoms with Gasteiger partial charge >= 0.3 is 0 Å². The van der Waals surface area contributed by atoms with Crippen molar-refractivity contribution in [3.05, 3.63) is 41.3 Å². The van der Waals surface area contributed by atoms with Crippen molar-refractivity contribution in [2.24, 2.45) is 0 Å². The van der Waals surface area contributed by atoms with Gasteiger partial charge in [-0.3, -0.25) is 0 Å². The molecular weight excluding hydrogens is 295 g/mol. The van der Waals surface area contributed by atoms with Crippen LogP contribution in [-0.4, -0.2) is 23.2 Å². The average Bonchev–Trinajstić information content (AvgIpc) is 3.32. The monoisotopic (exact) mass is 312 g/mol. The summed E-state index contributed by atoms with van der Waals surface area (Å²) in [4.78, 5) is 6.60. The molecule has 0 unspecified atom stereocenters. The number of aromatic nitrogens is 2. The zero-order valence-electron chi connectivity index (χ0n) is 12.7. The Labute approximate surface area is 133 Å². The molecule has 2 heterocycles. The normalized spacial score (nSPS) is 18.9. The third-order valence-corrected chi connectivity index (χ3v) is 4.69. The molecule has 0 spiro atoms. The number of nitrogens with zero attached hydrogens (tertiary/aromatic N) is 4. The van der Waals surface area contributed by atoms with Crippen molar-refractivity contribution in [1.82, 2.24) is 10.1 Å². The lowest BCUT2D eigenvalue weighted by Crippen LogP contribution is -2.33. The summed E-state index contributed by atoms with van der Waals surface area (Å²) >= 11 is 0. The van der Waals surface area contributed by atoms with Gasteiger partial charge in [0, 0.05) is 24.9 Å². The van der Waals surface area contributed by atoms with Crippen LogP contribution in [-0.2, 0) is 0 Å². The van der Waals surface area contributed by atoms with Crippen LogP contribution in [0.3, 0.4) is 0 Å². The molecule has 0 N–H and O–H groups in total. The van der Waals surface area contributed by atoms with Crippen molar-refractivity contribution >= 4 is 5.69 Å². The Kier molecular flexibility index (Phi) is 3.49. The number of rotatable bonds is 3. The zero-order chi connectivity index (χ0) is 15.8. The third-order valence-electron chi connectivity index (χ3n) is 4.69. The van der Waals surface area contributed by atoms with E-state index in [1.807, 2.05) is 12.1 Å². The van der Waals surface area contributed by atoms with Crippen molar-refractivity contribution in [1.29, 1.82) is 5.26 Å². The number of anilines is 1. The van der Waals surface area contributed by atoms with Gasteiger partial charge in [0.1, 0.15) is 17.4 Å². The predicted molar refractivity (Wildman–Crippen MR) is 81.6 cm³/mol. The number of piperidine rings is 1. The Morgan fingerprint density at radius 1 is 1.17 bits per heavy atom. The molecule has 2 fully saturated rings. The van der Waals surface area contributed by atoms with Crippen LogP contribution < -0.4 is 4.90 Å². The van der Waals surface area contributed by atoms with Crippen molar-refractivity contribution in [2.75, 3.05) is 18.0 Å². The van der Waals surface area contributed by atoms with Crippen LogP contribution in [0, 0.1) is 17.1 Å². The fourth-order valence-electron chi connectivity index (χ4n) is 3.17. The molecule has 2 aliphatic rings. The Bertz CT molecular complexity index is 754. The lowest BCUT2D eigenvalue weighted by atomic mass is 9.95. The number of hydrogen-bond donors (Lipinski definition) is 0. The van der Waals surface area contributed by atoms with Crippen molar-refractivity contribution in [3.8, 4) is 6.07 Å². The summed E-state index contributed by atoms with van der Waals surface area (Å²) < 4.78 is 19.1. The van der Waals surface area contributed by atoms with E-state index in [0.717, 1.165) is 50.5 Å². The van der Waals surface area contributed by atoms with Gasteiger partial charge in [0.2, 0.25) is 5.89 Å². The van der Waals surface area contributed by atoms with E-state index < -0.39 is 5.82 Å². The molecule has 23 heavy (non-hydrogen) atoms. The summed E-state index contributed by atoms with van der Waals surface area (Å²) in [5, 5.41) is 13.3. The smallest absolute Gasteiger partial charge is 0.229 e. The summed E-state index contributed by atoms with van der Waals surface area (Å²) in [6, 6.07) is 6.76. The Morgan fingerprint density at radius 2 is 1.96 bits per heavy atom. The molecule has 1 aliphatic carbocycles. The fraction of sp³-hybridized carbons (Fsp3) is 0.471. The first-order valence-corrected chi connectivity index (χ1v) is 8.03. The third kappa shape index (κ3) is 2.67. The van der Waals surface area contributed by atoms with Crippen LogP contribution in [0.25, 0.3) is 0 Å². The number of hydrogen-bond acceptors (Lipinski definition) is 5. The number of halogens is 1. The van der Waals surface area contributed by atoms with Gasteiger partial charge in [-0.25, -0.2) is 4.39 Å². The van der Waals surface area contributed by atoms with Gasteiger partial charge in [0.25, 0.3) is 0 Å². The van der Waals surface area contributed by atoms with Crippen LogP contribution >= 0.6 is 0 Å². The van der Waals surface area contributed by atoms with Gasteiger partial charge in [0.15, 0.2) is 5.82 Å². The Hall–Kier alpha value is -2.42. The van der Waals surface area contributed by atoms with Crippen LogP contribution in [0.5, 0.6) is 0 Å². The van der Waals surface area contributed by atoms with Gasteiger partial charge in [-0.1, -0.05) is 11.2 Å². The van der Waals surface area contributed by atoms with E-state index >= 15 is 0 Å². The topological polar surface area (TPSA) is 66.0 Å². The summed E-state index contributed by atoms with van der Waals surface area (Å²) in [5.74, 6) is 1.87. The highest BCUT2D eigenvalue weighted by atomic mass is 19.1. The van der Waals surface area contributed by atoms with Gasteiger partial charge in [-0.05, 0) is 37.8 Å². The quantitative estimate of drug-likeness (QED) is 0.869. The second kappa shape index (κ2) is 5.65. The summed E-state index contributed by atoms with van der Waals surface area (Å²) in [6.45, 7) is 1.52. The summed E-state index contributed by atoms with van der Waals surface area (Å²) in [6.07, 6.45) is 4.06. The first kappa shape index (κ1) is 14.2. The molecule has 4 rings (SSSR count). The molecule has 1 aromatic heterocycles. The summed E-state index contributed by atoms with van der Waals surface area (Å²) in [5.41, 5.74) is 0.805. The first-order valence-electron chi connectivity index (χ1n) is 8.03. The maximum Gasteiger partial charge on any atom is 0.229 e. The zero-order valence-corrected chi connectivity index (χ0v) is 12.7. The molecule has 0 amide bonds. The Morgan fingerprint density at radius 3 is 2.65 bits per heavy atom. The minimum atomic E-state index is -0.459. The molecule has 0 bridgehead atoms. The minimum absolute atomic E-state index is 0.126. The van der Waals surface area contributed by atoms with E-state index in [4.69, 9.17) is 4.52 Å². The molecule has 1 aliphatic heterocycles. The molecule has 0 radical (unpaired) electrons.